The van der Waals surface area contributed by atoms with E-state index in [0.29, 0.717) is 0 Å². The lowest BCUT2D eigenvalue weighted by molar-refractivity contribution is 0.315. The largest absolute Gasteiger partial charge is 0.314 e. The van der Waals surface area contributed by atoms with Gasteiger partial charge in [0.1, 0.15) is 0 Å². The summed E-state index contributed by atoms with van der Waals surface area (Å²) in [4.78, 5) is 0. The van der Waals surface area contributed by atoms with Crippen LogP contribution in [-0.2, 0) is 6.42 Å². The molecule has 2 rings (SSSR count). The summed E-state index contributed by atoms with van der Waals surface area (Å²) in [5.74, 6) is 0.819. The Kier molecular flexibility index (Phi) is 5.06. The van der Waals surface area contributed by atoms with E-state index >= 15 is 0 Å². The van der Waals surface area contributed by atoms with Gasteiger partial charge in [0.25, 0.3) is 0 Å². The van der Waals surface area contributed by atoms with Crippen molar-refractivity contribution < 1.29 is 0 Å². The number of hydrogen-bond donors (Lipinski definition) is 1. The molecule has 0 bridgehead atoms. The first-order chi connectivity index (χ1) is 8.34. The lowest BCUT2D eigenvalue weighted by Crippen LogP contribution is -2.37. The Morgan fingerprint density at radius 1 is 1.24 bits per heavy atom. The van der Waals surface area contributed by atoms with Crippen molar-refractivity contribution in [3.05, 3.63) is 35.9 Å². The lowest BCUT2D eigenvalue weighted by atomic mass is 9.92. The van der Waals surface area contributed by atoms with Crippen LogP contribution >= 0.6 is 0 Å². The van der Waals surface area contributed by atoms with Gasteiger partial charge in [0, 0.05) is 6.04 Å². The van der Waals surface area contributed by atoms with Crippen molar-refractivity contribution in [3.8, 4) is 0 Å². The maximum absolute atomic E-state index is 3.67. The van der Waals surface area contributed by atoms with Crippen LogP contribution in [0.4, 0.5) is 0 Å². The normalized spacial score (nSPS) is 17.7. The highest BCUT2D eigenvalue weighted by molar-refractivity contribution is 5.14. The number of aryl methyl sites for hydroxylation is 1. The molecule has 0 aliphatic heterocycles. The van der Waals surface area contributed by atoms with E-state index in [-0.39, 0.29) is 0 Å². The van der Waals surface area contributed by atoms with Crippen molar-refractivity contribution in [2.75, 3.05) is 6.54 Å². The van der Waals surface area contributed by atoms with E-state index in [1.165, 1.54) is 50.6 Å². The molecule has 1 aliphatic rings. The van der Waals surface area contributed by atoms with Crippen LogP contribution in [0.1, 0.15) is 44.6 Å². The third-order valence-corrected chi connectivity index (χ3v) is 3.87. The summed E-state index contributed by atoms with van der Waals surface area (Å²) in [5, 5.41) is 3.67. The van der Waals surface area contributed by atoms with E-state index < -0.39 is 0 Å². The van der Waals surface area contributed by atoms with Crippen LogP contribution in [0.5, 0.6) is 0 Å². The summed E-state index contributed by atoms with van der Waals surface area (Å²) in [6, 6.07) is 11.7. The van der Waals surface area contributed by atoms with E-state index in [1.807, 2.05) is 0 Å². The molecule has 1 aliphatic carbocycles. The summed E-state index contributed by atoms with van der Waals surface area (Å²) in [7, 11) is 0. The van der Waals surface area contributed by atoms with Crippen LogP contribution in [-0.4, -0.2) is 12.6 Å². The first-order valence-electron chi connectivity index (χ1n) is 7.12. The van der Waals surface area contributed by atoms with Gasteiger partial charge in [-0.1, -0.05) is 43.7 Å². The Hall–Kier alpha value is -0.820. The first-order valence-corrected chi connectivity index (χ1v) is 7.12. The van der Waals surface area contributed by atoms with Gasteiger partial charge in [-0.2, -0.15) is 0 Å². The van der Waals surface area contributed by atoms with E-state index in [4.69, 9.17) is 0 Å². The molecule has 1 fully saturated rings. The van der Waals surface area contributed by atoms with Crippen molar-refractivity contribution >= 4 is 0 Å². The molecule has 0 heterocycles. The fourth-order valence-electron chi connectivity index (χ4n) is 2.38. The van der Waals surface area contributed by atoms with Gasteiger partial charge in [-0.25, -0.2) is 0 Å². The Morgan fingerprint density at radius 3 is 2.65 bits per heavy atom. The second kappa shape index (κ2) is 6.80. The van der Waals surface area contributed by atoms with Gasteiger partial charge in [-0.3, -0.25) is 0 Å². The molecule has 1 atom stereocenters. The highest BCUT2D eigenvalue weighted by Gasteiger charge is 2.16. The Bertz CT molecular complexity index is 303. The van der Waals surface area contributed by atoms with E-state index in [2.05, 4.69) is 42.6 Å². The zero-order valence-corrected chi connectivity index (χ0v) is 11.0. The minimum Gasteiger partial charge on any atom is -0.314 e. The number of nitrogens with one attached hydrogen (secondary N) is 1. The van der Waals surface area contributed by atoms with Gasteiger partial charge in [0.05, 0.1) is 0 Å². The molecule has 94 valence electrons. The summed E-state index contributed by atoms with van der Waals surface area (Å²) < 4.78 is 0. The van der Waals surface area contributed by atoms with Crippen LogP contribution < -0.4 is 5.32 Å². The molecular weight excluding hydrogens is 206 g/mol. The third-order valence-electron chi connectivity index (χ3n) is 3.87. The molecule has 0 aromatic heterocycles. The highest BCUT2D eigenvalue weighted by Crippen LogP contribution is 2.18. The maximum atomic E-state index is 3.67. The maximum Gasteiger partial charge on any atom is 0.00671 e. The minimum atomic E-state index is 0.819. The Morgan fingerprint density at radius 2 is 2.00 bits per heavy atom. The number of hydrogen-bond acceptors (Lipinski definition) is 1. The lowest BCUT2D eigenvalue weighted by Gasteiger charge is -2.28. The number of rotatable bonds is 7. The van der Waals surface area contributed by atoms with E-state index in [9.17, 15) is 0 Å². The van der Waals surface area contributed by atoms with Crippen LogP contribution in [0, 0.1) is 5.92 Å². The molecule has 17 heavy (non-hydrogen) atoms. The zero-order chi connectivity index (χ0) is 11.9. The molecule has 0 saturated heterocycles. The molecule has 0 amide bonds. The topological polar surface area (TPSA) is 12.0 Å². The van der Waals surface area contributed by atoms with Crippen LogP contribution in [0.3, 0.4) is 0 Å². The Balaban J connectivity index is 1.54. The summed E-state index contributed by atoms with van der Waals surface area (Å²) in [6.07, 6.45) is 8.12. The molecule has 1 saturated carbocycles. The van der Waals surface area contributed by atoms with Gasteiger partial charge < -0.3 is 5.32 Å². The summed E-state index contributed by atoms with van der Waals surface area (Å²) in [6.45, 7) is 3.58. The van der Waals surface area contributed by atoms with Crippen LogP contribution in [0.15, 0.2) is 30.3 Å². The smallest absolute Gasteiger partial charge is 0.00671 e. The predicted octanol–water partition coefficient (Wildman–Crippen LogP) is 3.79. The predicted molar refractivity (Wildman–Crippen MR) is 74.2 cm³/mol. The van der Waals surface area contributed by atoms with Crippen LogP contribution in [0.2, 0.25) is 0 Å². The van der Waals surface area contributed by atoms with Gasteiger partial charge in [0.2, 0.25) is 0 Å². The van der Waals surface area contributed by atoms with Gasteiger partial charge in [0.15, 0.2) is 0 Å². The fourth-order valence-corrected chi connectivity index (χ4v) is 2.38. The second-order valence-corrected chi connectivity index (χ2v) is 5.52. The molecule has 0 radical (unpaired) electrons. The monoisotopic (exact) mass is 231 g/mol. The molecule has 0 spiro atoms. The molecule has 1 aromatic rings. The summed E-state index contributed by atoms with van der Waals surface area (Å²) in [5.41, 5.74) is 1.48. The fraction of sp³-hybridized carbons (Fsp3) is 0.625. The average molecular weight is 231 g/mol. The van der Waals surface area contributed by atoms with Crippen molar-refractivity contribution in [2.45, 2.75) is 51.5 Å². The average Bonchev–Trinajstić information content (AvgIpc) is 2.28. The van der Waals surface area contributed by atoms with Gasteiger partial charge in [-0.05, 0) is 50.1 Å². The Labute approximate surface area is 106 Å². The van der Waals surface area contributed by atoms with E-state index in [0.717, 1.165) is 12.0 Å². The SMILES string of the molecule is CC(CCCc1ccccc1)CNC1CCC1. The first kappa shape index (κ1) is 12.6. The molecule has 1 nitrogen and oxygen atoms in total. The molecule has 1 N–H and O–H groups in total. The van der Waals surface area contributed by atoms with Gasteiger partial charge in [-0.15, -0.1) is 0 Å². The molecule has 1 aromatic carbocycles. The van der Waals surface area contributed by atoms with Crippen molar-refractivity contribution in [1.82, 2.24) is 5.32 Å². The van der Waals surface area contributed by atoms with E-state index in [1.54, 1.807) is 0 Å². The standard InChI is InChI=1S/C16H25N/c1-14(13-17-16-11-6-12-16)7-5-10-15-8-3-2-4-9-15/h2-4,8-9,14,16-17H,5-7,10-13H2,1H3. The molecular formula is C16H25N. The highest BCUT2D eigenvalue weighted by atomic mass is 14.9. The van der Waals surface area contributed by atoms with Crippen LogP contribution in [0.25, 0.3) is 0 Å². The summed E-state index contributed by atoms with van der Waals surface area (Å²) >= 11 is 0. The zero-order valence-electron chi connectivity index (χ0n) is 11.0. The number of benzene rings is 1. The quantitative estimate of drug-likeness (QED) is 0.753. The molecule has 1 heteroatoms. The van der Waals surface area contributed by atoms with Crippen molar-refractivity contribution in [2.24, 2.45) is 5.92 Å². The van der Waals surface area contributed by atoms with Gasteiger partial charge >= 0.3 is 0 Å². The van der Waals surface area contributed by atoms with Crippen molar-refractivity contribution in [3.63, 3.8) is 0 Å². The second-order valence-electron chi connectivity index (χ2n) is 5.52. The van der Waals surface area contributed by atoms with Crippen molar-refractivity contribution in [1.29, 1.82) is 0 Å². The molecule has 1 unspecified atom stereocenters. The third kappa shape index (κ3) is 4.51. The minimum absolute atomic E-state index is 0.819.